The number of carbonyl (C=O) groups is 2. The van der Waals surface area contributed by atoms with Gasteiger partial charge >= 0.3 is 5.97 Å². The van der Waals surface area contributed by atoms with Crippen LogP contribution in [0.25, 0.3) is 0 Å². The maximum absolute atomic E-state index is 11.8. The van der Waals surface area contributed by atoms with Crippen LogP contribution in [0.15, 0.2) is 30.3 Å². The molecule has 1 rings (SSSR count). The molecule has 5 heteroatoms. The maximum atomic E-state index is 11.8. The van der Waals surface area contributed by atoms with Gasteiger partial charge in [0.25, 0.3) is 0 Å². The van der Waals surface area contributed by atoms with Gasteiger partial charge in [0.2, 0.25) is 5.91 Å². The van der Waals surface area contributed by atoms with Crippen molar-refractivity contribution in [2.45, 2.75) is 25.8 Å². The minimum Gasteiger partial charge on any atom is -0.466 e. The first-order valence-corrected chi connectivity index (χ1v) is 6.39. The van der Waals surface area contributed by atoms with Crippen LogP contribution in [0.5, 0.6) is 0 Å². The highest BCUT2D eigenvalue weighted by atomic mass is 16.5. The second-order valence-electron chi connectivity index (χ2n) is 4.09. The zero-order valence-corrected chi connectivity index (χ0v) is 11.1. The molecule has 0 saturated heterocycles. The summed E-state index contributed by atoms with van der Waals surface area (Å²) in [5.74, 6) is -0.487. The summed E-state index contributed by atoms with van der Waals surface area (Å²) in [5, 5.41) is 2.71. The molecule has 3 N–H and O–H groups in total. The van der Waals surface area contributed by atoms with Crippen molar-refractivity contribution >= 4 is 11.9 Å². The molecule has 0 heterocycles. The Morgan fingerprint density at radius 2 is 2.00 bits per heavy atom. The van der Waals surface area contributed by atoms with Crippen molar-refractivity contribution in [3.05, 3.63) is 35.9 Å². The van der Waals surface area contributed by atoms with Gasteiger partial charge in [-0.1, -0.05) is 30.3 Å². The van der Waals surface area contributed by atoms with Crippen LogP contribution in [0.2, 0.25) is 0 Å². The highest BCUT2D eigenvalue weighted by molar-refractivity contribution is 5.82. The van der Waals surface area contributed by atoms with E-state index in [2.05, 4.69) is 5.32 Å². The first-order valence-electron chi connectivity index (χ1n) is 6.39. The largest absolute Gasteiger partial charge is 0.466 e. The van der Waals surface area contributed by atoms with E-state index in [-0.39, 0.29) is 11.9 Å². The van der Waals surface area contributed by atoms with Gasteiger partial charge in [0.1, 0.15) is 6.04 Å². The average Bonchev–Trinajstić information content (AvgIpc) is 2.44. The van der Waals surface area contributed by atoms with E-state index in [4.69, 9.17) is 10.5 Å². The van der Waals surface area contributed by atoms with E-state index < -0.39 is 6.04 Å². The predicted octanol–water partition coefficient (Wildman–Crippen LogP) is 1.15. The Morgan fingerprint density at radius 3 is 2.63 bits per heavy atom. The molecular formula is C14H20N2O3. The zero-order valence-electron chi connectivity index (χ0n) is 11.1. The predicted molar refractivity (Wildman–Crippen MR) is 72.2 cm³/mol. The van der Waals surface area contributed by atoms with Gasteiger partial charge in [-0.2, -0.15) is 0 Å². The topological polar surface area (TPSA) is 81.4 Å². The lowest BCUT2D eigenvalue weighted by molar-refractivity contribution is -0.143. The average molecular weight is 264 g/mol. The quantitative estimate of drug-likeness (QED) is 0.571. The van der Waals surface area contributed by atoms with E-state index in [1.807, 2.05) is 30.3 Å². The third kappa shape index (κ3) is 5.52. The number of esters is 1. The number of rotatable bonds is 7. The maximum Gasteiger partial charge on any atom is 0.305 e. The number of nitrogens with two attached hydrogens (primary N) is 1. The molecule has 19 heavy (non-hydrogen) atoms. The Labute approximate surface area is 113 Å². The molecule has 1 aromatic carbocycles. The highest BCUT2D eigenvalue weighted by Gasteiger charge is 2.14. The molecule has 104 valence electrons. The number of amides is 1. The van der Waals surface area contributed by atoms with Crippen molar-refractivity contribution in [2.75, 3.05) is 13.2 Å². The van der Waals surface area contributed by atoms with Gasteiger partial charge in [-0.3, -0.25) is 9.59 Å². The summed E-state index contributed by atoms with van der Waals surface area (Å²) in [5.41, 5.74) is 6.59. The minimum absolute atomic E-state index is 0.241. The summed E-state index contributed by atoms with van der Waals surface area (Å²) < 4.78 is 4.79. The Morgan fingerprint density at radius 1 is 1.32 bits per heavy atom. The van der Waals surface area contributed by atoms with E-state index >= 15 is 0 Å². The molecular weight excluding hydrogens is 244 g/mol. The van der Waals surface area contributed by atoms with Gasteiger partial charge in [-0.25, -0.2) is 0 Å². The summed E-state index contributed by atoms with van der Waals surface area (Å²) in [6.07, 6.45) is 0.848. The molecule has 0 saturated carbocycles. The molecule has 0 spiro atoms. The van der Waals surface area contributed by atoms with Crippen molar-refractivity contribution < 1.29 is 14.3 Å². The third-order valence-electron chi connectivity index (χ3n) is 2.60. The molecule has 5 nitrogen and oxygen atoms in total. The molecule has 1 atom stereocenters. The summed E-state index contributed by atoms with van der Waals surface area (Å²) in [6, 6.07) is 8.48. The number of hydrogen-bond acceptors (Lipinski definition) is 4. The Bertz CT molecular complexity index is 406. The molecule has 1 amide bonds. The number of hydrogen-bond donors (Lipinski definition) is 2. The lowest BCUT2D eigenvalue weighted by Crippen LogP contribution is -2.34. The van der Waals surface area contributed by atoms with Crippen LogP contribution in [-0.2, 0) is 14.3 Å². The van der Waals surface area contributed by atoms with Crippen molar-refractivity contribution in [2.24, 2.45) is 5.73 Å². The van der Waals surface area contributed by atoms with Gasteiger partial charge in [0.15, 0.2) is 0 Å². The standard InChI is InChI=1S/C14H20N2O3/c1-2-19-12(17)9-6-10-16-14(18)13(15)11-7-4-3-5-8-11/h3-5,7-8,13H,2,6,9-10,15H2,1H3,(H,16,18). The fraction of sp³-hybridized carbons (Fsp3) is 0.429. The summed E-state index contributed by atoms with van der Waals surface area (Å²) in [6.45, 7) is 2.56. The van der Waals surface area contributed by atoms with Crippen molar-refractivity contribution in [3.63, 3.8) is 0 Å². The van der Waals surface area contributed by atoms with Crippen LogP contribution < -0.4 is 11.1 Å². The van der Waals surface area contributed by atoms with Crippen LogP contribution in [0.4, 0.5) is 0 Å². The third-order valence-corrected chi connectivity index (χ3v) is 2.60. The van der Waals surface area contributed by atoms with Crippen LogP contribution in [-0.4, -0.2) is 25.0 Å². The Balaban J connectivity index is 2.26. The lowest BCUT2D eigenvalue weighted by atomic mass is 10.1. The molecule has 0 aromatic heterocycles. The van der Waals surface area contributed by atoms with E-state index in [1.165, 1.54) is 0 Å². The van der Waals surface area contributed by atoms with Gasteiger partial charge in [0, 0.05) is 13.0 Å². The van der Waals surface area contributed by atoms with Gasteiger partial charge in [0.05, 0.1) is 6.61 Å². The second kappa shape index (κ2) is 8.26. The molecule has 0 aliphatic heterocycles. The van der Waals surface area contributed by atoms with Gasteiger partial charge < -0.3 is 15.8 Å². The molecule has 0 radical (unpaired) electrons. The van der Waals surface area contributed by atoms with E-state index in [1.54, 1.807) is 6.92 Å². The number of benzene rings is 1. The normalized spacial score (nSPS) is 11.7. The van der Waals surface area contributed by atoms with Crippen molar-refractivity contribution in [1.82, 2.24) is 5.32 Å². The number of carbonyl (C=O) groups excluding carboxylic acids is 2. The monoisotopic (exact) mass is 264 g/mol. The van der Waals surface area contributed by atoms with Crippen LogP contribution in [0, 0.1) is 0 Å². The molecule has 0 aliphatic carbocycles. The highest BCUT2D eigenvalue weighted by Crippen LogP contribution is 2.09. The molecule has 0 bridgehead atoms. The van der Waals surface area contributed by atoms with Gasteiger partial charge in [-0.15, -0.1) is 0 Å². The molecule has 1 unspecified atom stereocenters. The Kier molecular flexibility index (Phi) is 6.60. The molecule has 0 fully saturated rings. The first kappa shape index (κ1) is 15.2. The Hall–Kier alpha value is -1.88. The van der Waals surface area contributed by atoms with Gasteiger partial charge in [-0.05, 0) is 18.9 Å². The second-order valence-corrected chi connectivity index (χ2v) is 4.09. The van der Waals surface area contributed by atoms with E-state index in [0.717, 1.165) is 5.56 Å². The lowest BCUT2D eigenvalue weighted by Gasteiger charge is -2.12. The fourth-order valence-corrected chi connectivity index (χ4v) is 1.60. The molecule has 0 aliphatic rings. The summed E-state index contributed by atoms with van der Waals surface area (Å²) >= 11 is 0. The number of nitrogens with one attached hydrogen (secondary N) is 1. The summed E-state index contributed by atoms with van der Waals surface area (Å²) in [7, 11) is 0. The zero-order chi connectivity index (χ0) is 14.1. The van der Waals surface area contributed by atoms with Crippen molar-refractivity contribution in [3.8, 4) is 0 Å². The van der Waals surface area contributed by atoms with Crippen molar-refractivity contribution in [1.29, 1.82) is 0 Å². The first-order chi connectivity index (χ1) is 9.15. The van der Waals surface area contributed by atoms with Crippen LogP contribution in [0.3, 0.4) is 0 Å². The minimum atomic E-state index is -0.677. The number of ether oxygens (including phenoxy) is 1. The smallest absolute Gasteiger partial charge is 0.305 e. The van der Waals surface area contributed by atoms with E-state index in [0.29, 0.717) is 26.0 Å². The van der Waals surface area contributed by atoms with Crippen LogP contribution >= 0.6 is 0 Å². The summed E-state index contributed by atoms with van der Waals surface area (Å²) in [4.78, 5) is 22.8. The SMILES string of the molecule is CCOC(=O)CCCNC(=O)C(N)c1ccccc1. The van der Waals surface area contributed by atoms with Crippen LogP contribution in [0.1, 0.15) is 31.4 Å². The fourth-order valence-electron chi connectivity index (χ4n) is 1.60. The molecule has 1 aromatic rings. The van der Waals surface area contributed by atoms with E-state index in [9.17, 15) is 9.59 Å².